The number of carbonyl (C=O) groups is 1. The van der Waals surface area contributed by atoms with Crippen LogP contribution in [0.4, 0.5) is 0 Å². The number of aliphatic carboxylic acids is 1. The van der Waals surface area contributed by atoms with E-state index in [1.807, 2.05) is 0 Å². The third-order valence-electron chi connectivity index (χ3n) is 9.33. The molecule has 5 rings (SSSR count). The number of hydrogen-bond acceptors (Lipinski definition) is 16. The van der Waals surface area contributed by atoms with Crippen LogP contribution in [-0.4, -0.2) is 146 Å². The molecule has 10 N–H and O–H groups in total. The zero-order valence-corrected chi connectivity index (χ0v) is 26.0. The largest absolute Gasteiger partial charge is 0.504 e. The number of ether oxygens (including phenoxy) is 6. The van der Waals surface area contributed by atoms with Gasteiger partial charge in [-0.15, -0.1) is 6.58 Å². The molecule has 48 heavy (non-hydrogen) atoms. The van der Waals surface area contributed by atoms with Crippen LogP contribution in [0.2, 0.25) is 0 Å². The maximum atomic E-state index is 12.3. The summed E-state index contributed by atoms with van der Waals surface area (Å²) in [5, 5.41) is 95.6. The minimum absolute atomic E-state index is 0.0679. The van der Waals surface area contributed by atoms with Gasteiger partial charge < -0.3 is 79.7 Å². The lowest BCUT2D eigenvalue weighted by Crippen LogP contribution is -2.62. The number of aliphatic hydroxyl groups excluding tert-OH is 7. The number of benzene rings is 1. The Morgan fingerprint density at radius 2 is 1.65 bits per heavy atom. The van der Waals surface area contributed by atoms with Crippen molar-refractivity contribution in [3.63, 3.8) is 0 Å². The normalized spacial score (nSPS) is 39.9. The molecule has 4 aliphatic rings. The Morgan fingerprint density at radius 1 is 0.979 bits per heavy atom. The number of phenolic OH excluding ortho intramolecular Hbond substituents is 1. The molecule has 14 atom stereocenters. The Morgan fingerprint density at radius 3 is 2.29 bits per heavy atom. The number of carboxylic acids is 1. The minimum Gasteiger partial charge on any atom is -0.504 e. The van der Waals surface area contributed by atoms with Crippen molar-refractivity contribution >= 4 is 5.97 Å². The molecule has 1 aromatic carbocycles. The molecule has 17 nitrogen and oxygen atoms in total. The highest BCUT2D eigenvalue weighted by atomic mass is 16.8. The van der Waals surface area contributed by atoms with Gasteiger partial charge in [0.1, 0.15) is 48.8 Å². The van der Waals surface area contributed by atoms with Crippen LogP contribution in [0.25, 0.3) is 0 Å². The molecule has 0 aromatic heterocycles. The molecular weight excluding hydrogens is 642 g/mol. The number of methoxy groups -OCH3 is 1. The fourth-order valence-corrected chi connectivity index (χ4v) is 6.59. The Bertz CT molecular complexity index is 1330. The van der Waals surface area contributed by atoms with Gasteiger partial charge >= 0.3 is 5.97 Å². The first-order chi connectivity index (χ1) is 22.9. The van der Waals surface area contributed by atoms with Gasteiger partial charge in [0.05, 0.1) is 32.2 Å². The van der Waals surface area contributed by atoms with E-state index in [1.54, 1.807) is 12.1 Å². The van der Waals surface area contributed by atoms with Crippen molar-refractivity contribution in [3.8, 4) is 11.5 Å². The maximum Gasteiger partial charge on any atom is 0.334 e. The van der Waals surface area contributed by atoms with Gasteiger partial charge in [0.25, 0.3) is 0 Å². The van der Waals surface area contributed by atoms with Gasteiger partial charge in [-0.2, -0.15) is 0 Å². The lowest BCUT2D eigenvalue weighted by atomic mass is 9.77. The Hall–Kier alpha value is -2.91. The van der Waals surface area contributed by atoms with Crippen molar-refractivity contribution < 1.29 is 79.2 Å². The standard InChI is InChI=1S/C31H43NO16/c1-3-13-15(7-17-14-8-18(34)19(43-2)6-12(14)4-5-32-17)16(28(41)42)10-44-29(13)48-31-27(40)25(38)23(36)21(47-31)11-45-30-26(39)24(37)22(35)20(9-33)46-30/h3,6,8,10,13,15,17,20-27,29-40H,1,4-5,7,9,11H2,2H3,(H,41,42). The number of aromatic hydroxyl groups is 1. The first-order valence-corrected chi connectivity index (χ1v) is 15.5. The molecule has 0 amide bonds. The summed E-state index contributed by atoms with van der Waals surface area (Å²) < 4.78 is 33.3. The average molecular weight is 686 g/mol. The van der Waals surface area contributed by atoms with Gasteiger partial charge in [0.2, 0.25) is 6.29 Å². The van der Waals surface area contributed by atoms with E-state index in [0.29, 0.717) is 18.7 Å². The smallest absolute Gasteiger partial charge is 0.334 e. The van der Waals surface area contributed by atoms with Gasteiger partial charge in [-0.3, -0.25) is 0 Å². The van der Waals surface area contributed by atoms with E-state index in [1.165, 1.54) is 13.2 Å². The lowest BCUT2D eigenvalue weighted by Gasteiger charge is -2.44. The van der Waals surface area contributed by atoms with E-state index < -0.39 is 105 Å². The molecule has 2 fully saturated rings. The van der Waals surface area contributed by atoms with Crippen molar-refractivity contribution in [2.75, 3.05) is 26.9 Å². The first kappa shape index (κ1) is 36.4. The summed E-state index contributed by atoms with van der Waals surface area (Å²) in [7, 11) is 1.45. The Kier molecular flexibility index (Phi) is 11.6. The average Bonchev–Trinajstić information content (AvgIpc) is 3.07. The summed E-state index contributed by atoms with van der Waals surface area (Å²) in [6, 6.07) is 2.93. The predicted octanol–water partition coefficient (Wildman–Crippen LogP) is -2.64. The molecule has 17 heteroatoms. The van der Waals surface area contributed by atoms with Crippen LogP contribution < -0.4 is 10.1 Å². The van der Waals surface area contributed by atoms with Crippen molar-refractivity contribution in [1.29, 1.82) is 0 Å². The van der Waals surface area contributed by atoms with Gasteiger partial charge in [0, 0.05) is 17.9 Å². The molecule has 4 aliphatic heterocycles. The molecule has 0 spiro atoms. The molecule has 0 radical (unpaired) electrons. The third kappa shape index (κ3) is 7.18. The SMILES string of the molecule is C=CC1C(OC2OC(COC3OC(CO)C(O)C(O)C3O)C(O)C(O)C2O)OC=C(C(=O)O)C1CC1NCCc2cc(OC)c(O)cc21. The van der Waals surface area contributed by atoms with Crippen LogP contribution in [0.3, 0.4) is 0 Å². The van der Waals surface area contributed by atoms with Gasteiger partial charge in [-0.05, 0) is 42.6 Å². The number of hydrogen-bond donors (Lipinski definition) is 10. The van der Waals surface area contributed by atoms with Gasteiger partial charge in [0.15, 0.2) is 24.1 Å². The van der Waals surface area contributed by atoms with Crippen LogP contribution in [0.1, 0.15) is 23.6 Å². The highest BCUT2D eigenvalue weighted by molar-refractivity contribution is 5.87. The highest BCUT2D eigenvalue weighted by Gasteiger charge is 2.49. The fraction of sp³-hybridized carbons (Fsp3) is 0.645. The molecule has 0 aliphatic carbocycles. The molecular formula is C31H43NO16. The molecule has 0 bridgehead atoms. The number of rotatable bonds is 11. The van der Waals surface area contributed by atoms with E-state index in [-0.39, 0.29) is 17.7 Å². The highest BCUT2D eigenvalue weighted by Crippen LogP contribution is 2.42. The monoisotopic (exact) mass is 685 g/mol. The van der Waals surface area contributed by atoms with Crippen molar-refractivity contribution in [3.05, 3.63) is 47.7 Å². The third-order valence-corrected chi connectivity index (χ3v) is 9.33. The second-order valence-corrected chi connectivity index (χ2v) is 12.2. The van der Waals surface area contributed by atoms with Crippen LogP contribution in [0.15, 0.2) is 36.6 Å². The van der Waals surface area contributed by atoms with Crippen molar-refractivity contribution in [2.24, 2.45) is 11.8 Å². The number of carboxylic acid groups (broad SMARTS) is 1. The van der Waals surface area contributed by atoms with E-state index in [2.05, 4.69) is 11.9 Å². The van der Waals surface area contributed by atoms with E-state index in [4.69, 9.17) is 28.4 Å². The van der Waals surface area contributed by atoms with Crippen LogP contribution in [0.5, 0.6) is 11.5 Å². The topological polar surface area (TPSA) is 267 Å². The fourth-order valence-electron chi connectivity index (χ4n) is 6.59. The predicted molar refractivity (Wildman–Crippen MR) is 159 cm³/mol. The second-order valence-electron chi connectivity index (χ2n) is 12.2. The summed E-state index contributed by atoms with van der Waals surface area (Å²) in [4.78, 5) is 12.3. The molecule has 1 aromatic rings. The van der Waals surface area contributed by atoms with Gasteiger partial charge in [-0.1, -0.05) is 6.08 Å². The zero-order chi connectivity index (χ0) is 34.9. The molecule has 268 valence electrons. The summed E-state index contributed by atoms with van der Waals surface area (Å²) in [5.41, 5.74) is 1.62. The summed E-state index contributed by atoms with van der Waals surface area (Å²) in [5.74, 6) is -2.57. The van der Waals surface area contributed by atoms with E-state index in [9.17, 15) is 50.8 Å². The van der Waals surface area contributed by atoms with Crippen molar-refractivity contribution in [1.82, 2.24) is 5.32 Å². The Labute approximate surface area is 275 Å². The first-order valence-electron chi connectivity index (χ1n) is 15.5. The quantitative estimate of drug-likeness (QED) is 0.107. The summed E-state index contributed by atoms with van der Waals surface area (Å²) >= 11 is 0. The van der Waals surface area contributed by atoms with E-state index >= 15 is 0 Å². The maximum absolute atomic E-state index is 12.3. The number of fused-ring (bicyclic) bond motifs is 1. The van der Waals surface area contributed by atoms with Crippen molar-refractivity contribution in [2.45, 2.75) is 86.6 Å². The van der Waals surface area contributed by atoms with Crippen LogP contribution >= 0.6 is 0 Å². The summed E-state index contributed by atoms with van der Waals surface area (Å²) in [6.07, 6.45) is -14.2. The molecule has 14 unspecified atom stereocenters. The number of nitrogens with one attached hydrogen (secondary N) is 1. The minimum atomic E-state index is -1.81. The van der Waals surface area contributed by atoms with Crippen LogP contribution in [0, 0.1) is 11.8 Å². The second kappa shape index (κ2) is 15.3. The van der Waals surface area contributed by atoms with E-state index in [0.717, 1.165) is 17.4 Å². The summed E-state index contributed by atoms with van der Waals surface area (Å²) in [6.45, 7) is 3.17. The molecule has 2 saturated heterocycles. The van der Waals surface area contributed by atoms with Crippen LogP contribution in [-0.2, 0) is 34.9 Å². The number of phenols is 1. The molecule has 4 heterocycles. The Balaban J connectivity index is 1.31. The molecule has 0 saturated carbocycles. The zero-order valence-electron chi connectivity index (χ0n) is 26.0. The lowest BCUT2D eigenvalue weighted by molar-refractivity contribution is -0.352. The van der Waals surface area contributed by atoms with Gasteiger partial charge in [-0.25, -0.2) is 4.79 Å². The number of aliphatic hydroxyl groups is 7.